The molecular formula is C12H15FN2O3. The topological polar surface area (TPSA) is 69.6 Å². The zero-order valence-electron chi connectivity index (χ0n) is 10.0. The second-order valence-corrected chi connectivity index (χ2v) is 3.77. The Hall–Kier alpha value is -2.11. The molecule has 0 saturated heterocycles. The summed E-state index contributed by atoms with van der Waals surface area (Å²) in [6, 6.07) is 5.27. The van der Waals surface area contributed by atoms with Crippen LogP contribution in [0.25, 0.3) is 0 Å². The molecule has 0 unspecified atom stereocenters. The van der Waals surface area contributed by atoms with Gasteiger partial charge in [0, 0.05) is 25.7 Å². The van der Waals surface area contributed by atoms with Gasteiger partial charge in [0.1, 0.15) is 5.82 Å². The number of aliphatic carboxylic acids is 1. The highest BCUT2D eigenvalue weighted by Crippen LogP contribution is 2.13. The van der Waals surface area contributed by atoms with Crippen LogP contribution in [0.5, 0.6) is 0 Å². The number of amides is 2. The predicted molar refractivity (Wildman–Crippen MR) is 65.1 cm³/mol. The van der Waals surface area contributed by atoms with E-state index in [0.717, 1.165) is 0 Å². The summed E-state index contributed by atoms with van der Waals surface area (Å²) < 4.78 is 13.0. The summed E-state index contributed by atoms with van der Waals surface area (Å²) in [6.45, 7) is 0.269. The molecule has 0 aromatic heterocycles. The molecule has 2 N–H and O–H groups in total. The average molecular weight is 254 g/mol. The highest BCUT2D eigenvalue weighted by atomic mass is 19.1. The molecule has 98 valence electrons. The molecule has 1 aromatic carbocycles. The minimum absolute atomic E-state index is 0.00393. The third kappa shape index (κ3) is 4.40. The van der Waals surface area contributed by atoms with E-state index < -0.39 is 17.8 Å². The molecule has 1 aromatic rings. The van der Waals surface area contributed by atoms with Crippen LogP contribution < -0.4 is 10.2 Å². The maximum absolute atomic E-state index is 13.0. The van der Waals surface area contributed by atoms with Crippen molar-refractivity contribution >= 4 is 17.7 Å². The van der Waals surface area contributed by atoms with E-state index in [2.05, 4.69) is 5.32 Å². The first-order chi connectivity index (χ1) is 8.50. The SMILES string of the molecule is CN(C(=O)NCCCC(=O)O)c1cccc(F)c1. The fourth-order valence-corrected chi connectivity index (χ4v) is 1.36. The van der Waals surface area contributed by atoms with Crippen LogP contribution in [0.2, 0.25) is 0 Å². The molecule has 1 rings (SSSR count). The molecule has 0 aliphatic heterocycles. The van der Waals surface area contributed by atoms with E-state index in [4.69, 9.17) is 5.11 Å². The van der Waals surface area contributed by atoms with Crippen LogP contribution in [0.1, 0.15) is 12.8 Å². The fourth-order valence-electron chi connectivity index (χ4n) is 1.36. The first kappa shape index (κ1) is 14.0. The van der Waals surface area contributed by atoms with Gasteiger partial charge in [-0.1, -0.05) is 6.07 Å². The zero-order chi connectivity index (χ0) is 13.5. The number of anilines is 1. The van der Waals surface area contributed by atoms with E-state index in [0.29, 0.717) is 12.1 Å². The highest BCUT2D eigenvalue weighted by Gasteiger charge is 2.10. The molecular weight excluding hydrogens is 239 g/mol. The molecule has 0 spiro atoms. The lowest BCUT2D eigenvalue weighted by molar-refractivity contribution is -0.137. The summed E-state index contributed by atoms with van der Waals surface area (Å²) in [6.07, 6.45) is 0.363. The lowest BCUT2D eigenvalue weighted by Crippen LogP contribution is -2.37. The van der Waals surface area contributed by atoms with Gasteiger partial charge in [-0.3, -0.25) is 9.69 Å². The van der Waals surface area contributed by atoms with E-state index in [-0.39, 0.29) is 13.0 Å². The van der Waals surface area contributed by atoms with Crippen LogP contribution in [0.15, 0.2) is 24.3 Å². The fraction of sp³-hybridized carbons (Fsp3) is 0.333. The summed E-state index contributed by atoms with van der Waals surface area (Å²) in [4.78, 5) is 23.2. The van der Waals surface area contributed by atoms with Crippen LogP contribution in [0.4, 0.5) is 14.9 Å². The first-order valence-electron chi connectivity index (χ1n) is 5.49. The Bertz CT molecular complexity index is 437. The van der Waals surface area contributed by atoms with Gasteiger partial charge in [-0.15, -0.1) is 0 Å². The Morgan fingerprint density at radius 1 is 1.44 bits per heavy atom. The Labute approximate surface area is 104 Å². The summed E-state index contributed by atoms with van der Waals surface area (Å²) in [7, 11) is 1.52. The molecule has 0 aliphatic rings. The number of rotatable bonds is 5. The van der Waals surface area contributed by atoms with E-state index in [1.807, 2.05) is 0 Å². The Kier molecular flexibility index (Phi) is 5.10. The number of urea groups is 1. The second-order valence-electron chi connectivity index (χ2n) is 3.77. The number of nitrogens with zero attached hydrogens (tertiary/aromatic N) is 1. The molecule has 0 aliphatic carbocycles. The molecule has 0 heterocycles. The number of benzene rings is 1. The summed E-state index contributed by atoms with van der Waals surface area (Å²) in [5.41, 5.74) is 0.436. The normalized spacial score (nSPS) is 9.89. The lowest BCUT2D eigenvalue weighted by Gasteiger charge is -2.17. The molecule has 0 fully saturated rings. The van der Waals surface area contributed by atoms with E-state index in [9.17, 15) is 14.0 Å². The minimum atomic E-state index is -0.900. The smallest absolute Gasteiger partial charge is 0.321 e. The zero-order valence-corrected chi connectivity index (χ0v) is 10.0. The Morgan fingerprint density at radius 3 is 2.78 bits per heavy atom. The molecule has 2 amide bonds. The van der Waals surface area contributed by atoms with Crippen molar-refractivity contribution < 1.29 is 19.1 Å². The minimum Gasteiger partial charge on any atom is -0.481 e. The highest BCUT2D eigenvalue weighted by molar-refractivity contribution is 5.91. The summed E-state index contributed by atoms with van der Waals surface area (Å²) in [5.74, 6) is -1.32. The van der Waals surface area contributed by atoms with Gasteiger partial charge in [-0.25, -0.2) is 9.18 Å². The van der Waals surface area contributed by atoms with Crippen molar-refractivity contribution in [3.8, 4) is 0 Å². The van der Waals surface area contributed by atoms with Crippen LogP contribution in [-0.2, 0) is 4.79 Å². The van der Waals surface area contributed by atoms with Gasteiger partial charge < -0.3 is 10.4 Å². The summed E-state index contributed by atoms with van der Waals surface area (Å²) >= 11 is 0. The third-order valence-electron chi connectivity index (χ3n) is 2.34. The van der Waals surface area contributed by atoms with Crippen LogP contribution in [0, 0.1) is 5.82 Å². The molecule has 0 saturated carbocycles. The number of carboxylic acids is 1. The van der Waals surface area contributed by atoms with Crippen molar-refractivity contribution in [3.05, 3.63) is 30.1 Å². The van der Waals surface area contributed by atoms with Crippen molar-refractivity contribution in [3.63, 3.8) is 0 Å². The average Bonchev–Trinajstić information content (AvgIpc) is 2.33. The number of nitrogens with one attached hydrogen (secondary N) is 1. The molecule has 0 radical (unpaired) electrons. The summed E-state index contributed by atoms with van der Waals surface area (Å²) in [5, 5.41) is 11.0. The molecule has 0 bridgehead atoms. The van der Waals surface area contributed by atoms with E-state index >= 15 is 0 Å². The Morgan fingerprint density at radius 2 is 2.17 bits per heavy atom. The van der Waals surface area contributed by atoms with Gasteiger partial charge in [-0.05, 0) is 24.6 Å². The molecule has 0 atom stereocenters. The van der Waals surface area contributed by atoms with Gasteiger partial charge in [-0.2, -0.15) is 0 Å². The lowest BCUT2D eigenvalue weighted by atomic mass is 10.3. The maximum Gasteiger partial charge on any atom is 0.321 e. The number of hydrogen-bond donors (Lipinski definition) is 2. The second kappa shape index (κ2) is 6.58. The van der Waals surface area contributed by atoms with Crippen molar-refractivity contribution in [1.29, 1.82) is 0 Å². The molecule has 5 nitrogen and oxygen atoms in total. The Balaban J connectivity index is 2.44. The van der Waals surface area contributed by atoms with Gasteiger partial charge >= 0.3 is 12.0 Å². The van der Waals surface area contributed by atoms with Crippen molar-refractivity contribution in [2.24, 2.45) is 0 Å². The van der Waals surface area contributed by atoms with Crippen LogP contribution in [0.3, 0.4) is 0 Å². The molecule has 18 heavy (non-hydrogen) atoms. The standard InChI is InChI=1S/C12H15FN2O3/c1-15(10-5-2-4-9(13)8-10)12(18)14-7-3-6-11(16)17/h2,4-5,8H,3,6-7H2,1H3,(H,14,18)(H,16,17). The number of halogens is 1. The predicted octanol–water partition coefficient (Wildman–Crippen LogP) is 1.84. The number of carboxylic acid groups (broad SMARTS) is 1. The van der Waals surface area contributed by atoms with Gasteiger partial charge in [0.05, 0.1) is 0 Å². The van der Waals surface area contributed by atoms with E-state index in [1.54, 1.807) is 6.07 Å². The quantitative estimate of drug-likeness (QED) is 0.788. The van der Waals surface area contributed by atoms with Crippen molar-refractivity contribution in [2.75, 3.05) is 18.5 Å². The molecule has 6 heteroatoms. The van der Waals surface area contributed by atoms with Crippen molar-refractivity contribution in [1.82, 2.24) is 5.32 Å². The first-order valence-corrected chi connectivity index (χ1v) is 5.49. The monoisotopic (exact) mass is 254 g/mol. The van der Waals surface area contributed by atoms with Crippen LogP contribution in [-0.4, -0.2) is 30.7 Å². The number of carbonyl (C=O) groups is 2. The van der Waals surface area contributed by atoms with Gasteiger partial charge in [0.2, 0.25) is 0 Å². The van der Waals surface area contributed by atoms with Gasteiger partial charge in [0.15, 0.2) is 0 Å². The van der Waals surface area contributed by atoms with Crippen LogP contribution >= 0.6 is 0 Å². The number of carbonyl (C=O) groups excluding carboxylic acids is 1. The van der Waals surface area contributed by atoms with Crippen molar-refractivity contribution in [2.45, 2.75) is 12.8 Å². The largest absolute Gasteiger partial charge is 0.481 e. The van der Waals surface area contributed by atoms with Gasteiger partial charge in [0.25, 0.3) is 0 Å². The third-order valence-corrected chi connectivity index (χ3v) is 2.34. The van der Waals surface area contributed by atoms with E-state index in [1.165, 1.54) is 30.1 Å². The maximum atomic E-state index is 13.0. The number of hydrogen-bond acceptors (Lipinski definition) is 2.